The number of alkyl halides is 3. The highest BCUT2D eigenvalue weighted by Gasteiger charge is 2.43. The van der Waals surface area contributed by atoms with Crippen molar-refractivity contribution in [3.8, 4) is 0 Å². The average molecular weight is 486 g/mol. The second kappa shape index (κ2) is 11.8. The monoisotopic (exact) mass is 485 g/mol. The Balaban J connectivity index is 3.00. The first kappa shape index (κ1) is 26.6. The largest absolute Gasteiger partial charge is 0.505 e. The predicted octanol–water partition coefficient (Wildman–Crippen LogP) is 6.22. The van der Waals surface area contributed by atoms with Crippen molar-refractivity contribution in [1.82, 2.24) is 4.72 Å². The summed E-state index contributed by atoms with van der Waals surface area (Å²) in [5.41, 5.74) is 2.01. The highest BCUT2D eigenvalue weighted by molar-refractivity contribution is 7.93. The molecule has 0 bridgehead atoms. The van der Waals surface area contributed by atoms with Gasteiger partial charge < -0.3 is 5.11 Å². The number of rotatable bonds is 10. The molecule has 0 radical (unpaired) electrons. The van der Waals surface area contributed by atoms with Crippen molar-refractivity contribution in [2.75, 3.05) is 6.54 Å². The van der Waals surface area contributed by atoms with Gasteiger partial charge in [-0.1, -0.05) is 53.6 Å². The number of aliphatic hydroxyl groups is 1. The number of sulfonamides is 1. The third-order valence-electron chi connectivity index (χ3n) is 4.38. The number of halogens is 5. The minimum absolute atomic E-state index is 0.0819. The number of hydrogen-bond donors (Lipinski definition) is 2. The Kier molecular flexibility index (Phi) is 10.4. The van der Waals surface area contributed by atoms with Crippen molar-refractivity contribution in [2.24, 2.45) is 11.8 Å². The highest BCUT2D eigenvalue weighted by Crippen LogP contribution is 2.40. The first-order valence-electron chi connectivity index (χ1n) is 9.01. The van der Waals surface area contributed by atoms with E-state index in [9.17, 15) is 26.7 Å². The Morgan fingerprint density at radius 3 is 2.63 bits per heavy atom. The van der Waals surface area contributed by atoms with Crippen molar-refractivity contribution >= 4 is 33.2 Å². The summed E-state index contributed by atoms with van der Waals surface area (Å²) in [6.07, 6.45) is 4.92. The second-order valence-electron chi connectivity index (χ2n) is 6.57. The van der Waals surface area contributed by atoms with E-state index in [-0.39, 0.29) is 12.5 Å². The van der Waals surface area contributed by atoms with Crippen LogP contribution in [0, 0.1) is 11.8 Å². The summed E-state index contributed by atoms with van der Waals surface area (Å²) in [6.45, 7) is 5.32. The number of allylic oxidation sites excluding steroid dienone is 7. The molecule has 168 valence electrons. The Hall–Kier alpha value is -1.48. The predicted molar refractivity (Wildman–Crippen MR) is 115 cm³/mol. The lowest BCUT2D eigenvalue weighted by Crippen LogP contribution is -2.32. The lowest BCUT2D eigenvalue weighted by Gasteiger charge is -2.24. The quantitative estimate of drug-likeness (QED) is 0.285. The summed E-state index contributed by atoms with van der Waals surface area (Å²) >= 11 is 11.2. The van der Waals surface area contributed by atoms with E-state index in [1.165, 1.54) is 5.54 Å². The van der Waals surface area contributed by atoms with Crippen LogP contribution in [0.3, 0.4) is 0 Å². The van der Waals surface area contributed by atoms with Crippen molar-refractivity contribution in [1.29, 1.82) is 0 Å². The van der Waals surface area contributed by atoms with Crippen molar-refractivity contribution < 1.29 is 26.7 Å². The topological polar surface area (TPSA) is 66.4 Å². The van der Waals surface area contributed by atoms with Crippen LogP contribution < -0.4 is 4.72 Å². The van der Waals surface area contributed by atoms with Crippen molar-refractivity contribution in [3.63, 3.8) is 0 Å². The van der Waals surface area contributed by atoms with Crippen molar-refractivity contribution in [2.45, 2.75) is 32.4 Å². The Bertz CT molecular complexity index is 872. The van der Waals surface area contributed by atoms with E-state index in [0.717, 1.165) is 0 Å². The van der Waals surface area contributed by atoms with Gasteiger partial charge >= 0.3 is 6.18 Å². The molecule has 1 aliphatic rings. The van der Waals surface area contributed by atoms with Crippen LogP contribution in [-0.4, -0.2) is 26.2 Å². The summed E-state index contributed by atoms with van der Waals surface area (Å²) in [6, 6.07) is 0. The maximum atomic E-state index is 13.1. The smallest absolute Gasteiger partial charge is 0.395 e. The molecule has 0 saturated heterocycles. The van der Waals surface area contributed by atoms with Gasteiger partial charge in [0.2, 0.25) is 10.0 Å². The fourth-order valence-corrected chi connectivity index (χ4v) is 4.41. The molecule has 4 nitrogen and oxygen atoms in total. The normalized spacial score (nSPS) is 20.1. The summed E-state index contributed by atoms with van der Waals surface area (Å²) in [4.78, 5) is -0.784. The molecule has 0 aromatic heterocycles. The summed E-state index contributed by atoms with van der Waals surface area (Å²) in [5, 5.41) is 9.31. The standard InChI is InChI=1S/C20H24Cl2F3NO3S/c1-3-6-15(9-8-14(4-2)7-5-10-21)13-26-30(28,29)18-12-16(20(23,24)25)11-17(22)19(18)27/h3-6,9-11,14,16,26-27H,2,7-8,12-13H2,1H3/b6-3-,10-5+,15-9+. The molecule has 0 spiro atoms. The molecule has 1 aliphatic carbocycles. The zero-order valence-corrected chi connectivity index (χ0v) is 18.6. The van der Waals surface area contributed by atoms with Crippen LogP contribution in [0.1, 0.15) is 26.2 Å². The zero-order valence-electron chi connectivity index (χ0n) is 16.3. The van der Waals surface area contributed by atoms with Crippen LogP contribution in [0.5, 0.6) is 0 Å². The molecule has 2 unspecified atom stereocenters. The molecule has 2 N–H and O–H groups in total. The van der Waals surface area contributed by atoms with Gasteiger partial charge in [-0.15, -0.1) is 6.58 Å². The summed E-state index contributed by atoms with van der Waals surface area (Å²) in [5.74, 6) is -2.89. The molecule has 0 saturated carbocycles. The van der Waals surface area contributed by atoms with E-state index < -0.39 is 44.2 Å². The molecule has 30 heavy (non-hydrogen) atoms. The van der Waals surface area contributed by atoms with Gasteiger partial charge in [-0.25, -0.2) is 13.1 Å². The third kappa shape index (κ3) is 7.98. The SMILES string of the molecule is C=CC(C/C=C/Cl)C/C=C(\C=C/C)CNS(=O)(=O)C1=C(O)C(Cl)=CC(C(F)(F)F)C1. The van der Waals surface area contributed by atoms with Gasteiger partial charge in [-0.3, -0.25) is 0 Å². The van der Waals surface area contributed by atoms with Gasteiger partial charge in [0.25, 0.3) is 0 Å². The minimum atomic E-state index is -4.69. The molecular formula is C20H24Cl2F3NO3S. The Morgan fingerprint density at radius 2 is 2.10 bits per heavy atom. The number of hydrogen-bond acceptors (Lipinski definition) is 3. The molecule has 10 heteroatoms. The zero-order chi connectivity index (χ0) is 22.9. The molecule has 0 heterocycles. The van der Waals surface area contributed by atoms with Crippen molar-refractivity contribution in [3.05, 3.63) is 69.8 Å². The lowest BCUT2D eigenvalue weighted by atomic mass is 9.99. The second-order valence-corrected chi connectivity index (χ2v) is 9.02. The van der Waals surface area contributed by atoms with Gasteiger partial charge in [-0.2, -0.15) is 13.2 Å². The summed E-state index contributed by atoms with van der Waals surface area (Å²) < 4.78 is 66.6. The molecule has 0 aliphatic heterocycles. The minimum Gasteiger partial charge on any atom is -0.505 e. The third-order valence-corrected chi connectivity index (χ3v) is 6.40. The summed E-state index contributed by atoms with van der Waals surface area (Å²) in [7, 11) is -4.40. The molecule has 1 rings (SSSR count). The maximum Gasteiger partial charge on any atom is 0.395 e. The Morgan fingerprint density at radius 1 is 1.43 bits per heavy atom. The molecule has 0 amide bonds. The van der Waals surface area contributed by atoms with E-state index >= 15 is 0 Å². The fourth-order valence-electron chi connectivity index (χ4n) is 2.69. The van der Waals surface area contributed by atoms with Crippen LogP contribution in [0.4, 0.5) is 13.2 Å². The van der Waals surface area contributed by atoms with Crippen LogP contribution in [-0.2, 0) is 10.0 Å². The molecular weight excluding hydrogens is 462 g/mol. The van der Waals surface area contributed by atoms with Gasteiger partial charge in [0.05, 0.1) is 11.0 Å². The van der Waals surface area contributed by atoms with Gasteiger partial charge in [0.1, 0.15) is 10.7 Å². The van der Waals surface area contributed by atoms with E-state index in [0.29, 0.717) is 24.5 Å². The molecule has 0 aromatic carbocycles. The highest BCUT2D eigenvalue weighted by atomic mass is 35.5. The number of nitrogens with one attached hydrogen (secondary N) is 1. The van der Waals surface area contributed by atoms with Crippen LogP contribution in [0.25, 0.3) is 0 Å². The molecule has 0 fully saturated rings. The Labute approximate surface area is 185 Å². The van der Waals surface area contributed by atoms with E-state index in [1.807, 2.05) is 0 Å². The van der Waals surface area contributed by atoms with Crippen LogP contribution >= 0.6 is 23.2 Å². The van der Waals surface area contributed by atoms with Gasteiger partial charge in [0, 0.05) is 18.5 Å². The molecule has 2 atom stereocenters. The van der Waals surface area contributed by atoms with Crippen LogP contribution in [0.15, 0.2) is 69.8 Å². The van der Waals surface area contributed by atoms with Gasteiger partial charge in [0.15, 0.2) is 0 Å². The average Bonchev–Trinajstić information content (AvgIpc) is 2.67. The van der Waals surface area contributed by atoms with Crippen LogP contribution in [0.2, 0.25) is 0 Å². The van der Waals surface area contributed by atoms with E-state index in [2.05, 4.69) is 11.3 Å². The lowest BCUT2D eigenvalue weighted by molar-refractivity contribution is -0.160. The van der Waals surface area contributed by atoms with Gasteiger partial charge in [-0.05, 0) is 37.3 Å². The molecule has 0 aromatic rings. The number of aliphatic hydroxyl groups excluding tert-OH is 1. The first-order valence-corrected chi connectivity index (χ1v) is 11.3. The van der Waals surface area contributed by atoms with E-state index in [1.54, 1.807) is 37.3 Å². The maximum absolute atomic E-state index is 13.1. The van der Waals surface area contributed by atoms with E-state index in [4.69, 9.17) is 23.2 Å². The first-order chi connectivity index (χ1) is 14.0. The fraction of sp³-hybridized carbons (Fsp3) is 0.400.